The molecule has 1 atom stereocenters. The van der Waals surface area contributed by atoms with Gasteiger partial charge in [0.25, 0.3) is 5.91 Å². The van der Waals surface area contributed by atoms with Gasteiger partial charge in [-0.3, -0.25) is 4.79 Å². The number of nitrogens with one attached hydrogen (secondary N) is 1. The molecular weight excluding hydrogens is 378 g/mol. The molecule has 1 N–H and O–H groups in total. The lowest BCUT2D eigenvalue weighted by atomic mass is 9.87. The number of aromatic nitrogens is 1. The molecule has 0 spiro atoms. The zero-order chi connectivity index (χ0) is 19.6. The fourth-order valence-corrected chi connectivity index (χ4v) is 4.57. The number of hydrogen-bond donors (Lipinski definition) is 1. The van der Waals surface area contributed by atoms with E-state index in [1.165, 1.54) is 4.90 Å². The lowest BCUT2D eigenvalue weighted by Crippen LogP contribution is -2.49. The number of aromatic amines is 1. The van der Waals surface area contributed by atoms with Crippen molar-refractivity contribution in [3.8, 4) is 5.75 Å². The number of carbonyl (C=O) groups excluding carboxylic acids is 2. The molecule has 0 unspecified atom stereocenters. The average molecular weight is 396 g/mol. The van der Waals surface area contributed by atoms with Gasteiger partial charge < -0.3 is 14.6 Å². The number of imide groups is 1. The summed E-state index contributed by atoms with van der Waals surface area (Å²) in [5.41, 5.74) is 2.15. The van der Waals surface area contributed by atoms with E-state index in [-0.39, 0.29) is 11.9 Å². The summed E-state index contributed by atoms with van der Waals surface area (Å²) in [5, 5.41) is 1.50. The highest BCUT2D eigenvalue weighted by atomic mass is 35.5. The smallest absolute Gasteiger partial charge is 0.332 e. The molecule has 1 saturated heterocycles. The van der Waals surface area contributed by atoms with Gasteiger partial charge in [0.1, 0.15) is 5.75 Å². The van der Waals surface area contributed by atoms with Gasteiger partial charge in [0.15, 0.2) is 5.54 Å². The van der Waals surface area contributed by atoms with Gasteiger partial charge in [0.05, 0.1) is 18.5 Å². The van der Waals surface area contributed by atoms with Crippen LogP contribution in [0, 0.1) is 0 Å². The highest BCUT2D eigenvalue weighted by Gasteiger charge is 2.59. The van der Waals surface area contributed by atoms with Crippen molar-refractivity contribution in [2.24, 2.45) is 0 Å². The minimum Gasteiger partial charge on any atom is -0.497 e. The van der Waals surface area contributed by atoms with E-state index in [4.69, 9.17) is 16.3 Å². The highest BCUT2D eigenvalue weighted by molar-refractivity contribution is 6.31. The number of methoxy groups -OCH3 is 1. The van der Waals surface area contributed by atoms with Crippen LogP contribution in [0.3, 0.4) is 0 Å². The minimum absolute atomic E-state index is 0.278. The molecule has 0 aliphatic carbocycles. The van der Waals surface area contributed by atoms with Crippen molar-refractivity contribution in [1.29, 1.82) is 0 Å². The van der Waals surface area contributed by atoms with Gasteiger partial charge in [-0.2, -0.15) is 0 Å². The average Bonchev–Trinajstić information content (AvgIpc) is 3.15. The van der Waals surface area contributed by atoms with Crippen molar-refractivity contribution >= 4 is 40.1 Å². The Morgan fingerprint density at radius 2 is 2.00 bits per heavy atom. The maximum atomic E-state index is 13.5. The van der Waals surface area contributed by atoms with E-state index in [1.54, 1.807) is 36.3 Å². The third-order valence-electron chi connectivity index (χ3n) is 5.83. The summed E-state index contributed by atoms with van der Waals surface area (Å²) in [6.07, 6.45) is 0.667. The van der Waals surface area contributed by atoms with Crippen LogP contribution in [0.1, 0.15) is 18.2 Å². The number of anilines is 1. The second-order valence-corrected chi connectivity index (χ2v) is 7.70. The molecule has 3 heterocycles. The van der Waals surface area contributed by atoms with Gasteiger partial charge in [-0.15, -0.1) is 0 Å². The van der Waals surface area contributed by atoms with E-state index in [0.717, 1.165) is 27.9 Å². The number of rotatable bonds is 2. The van der Waals surface area contributed by atoms with Gasteiger partial charge in [-0.05, 0) is 55.3 Å². The van der Waals surface area contributed by atoms with Crippen LogP contribution in [0.2, 0.25) is 5.02 Å². The zero-order valence-electron chi connectivity index (χ0n) is 15.5. The molecule has 3 aromatic rings. The number of nitrogens with zero attached hydrogens (tertiary/aromatic N) is 2. The first-order chi connectivity index (χ1) is 13.4. The first kappa shape index (κ1) is 17.1. The van der Waals surface area contributed by atoms with E-state index >= 15 is 0 Å². The fraction of sp³-hybridized carbons (Fsp3) is 0.238. The number of H-pyrrole nitrogens is 1. The molecule has 6 nitrogen and oxygen atoms in total. The lowest BCUT2D eigenvalue weighted by Gasteiger charge is -2.35. The van der Waals surface area contributed by atoms with Crippen molar-refractivity contribution in [3.63, 3.8) is 0 Å². The topological polar surface area (TPSA) is 65.6 Å². The lowest BCUT2D eigenvalue weighted by molar-refractivity contribution is -0.125. The molecule has 0 bridgehead atoms. The molecule has 1 aromatic heterocycles. The summed E-state index contributed by atoms with van der Waals surface area (Å²) in [6.45, 7) is 2.28. The molecule has 0 radical (unpaired) electrons. The molecule has 7 heteroatoms. The van der Waals surface area contributed by atoms with Gasteiger partial charge in [-0.25, -0.2) is 9.69 Å². The summed E-state index contributed by atoms with van der Waals surface area (Å²) in [5.74, 6) is 0.482. The number of carbonyl (C=O) groups is 2. The molecule has 28 heavy (non-hydrogen) atoms. The number of hydrogen-bond acceptors (Lipinski definition) is 3. The normalized spacial score (nSPS) is 21.2. The standard InChI is InChI=1S/C21H18ClN3O3/c1-21-18-15(16-11-14(28-2)6-7-17(16)23-18)8-9-24(21)20(27)25(19(21)26)13-5-3-4-12(22)10-13/h3-7,10-11,23H,8-9H2,1-2H3/t21-/m1/s1. The Labute approximate surface area is 166 Å². The van der Waals surface area contributed by atoms with Crippen LogP contribution in [0.25, 0.3) is 10.9 Å². The third kappa shape index (κ3) is 2.09. The summed E-state index contributed by atoms with van der Waals surface area (Å²) in [6, 6.07) is 12.3. The number of fused-ring (bicyclic) bond motifs is 5. The maximum Gasteiger partial charge on any atom is 0.332 e. The molecule has 0 saturated carbocycles. The monoisotopic (exact) mass is 395 g/mol. The van der Waals surface area contributed by atoms with Crippen LogP contribution in [0.15, 0.2) is 42.5 Å². The van der Waals surface area contributed by atoms with Crippen LogP contribution >= 0.6 is 11.6 Å². The molecule has 142 valence electrons. The number of amides is 3. The van der Waals surface area contributed by atoms with Crippen molar-refractivity contribution in [2.75, 3.05) is 18.6 Å². The van der Waals surface area contributed by atoms with Gasteiger partial charge in [-0.1, -0.05) is 17.7 Å². The van der Waals surface area contributed by atoms with E-state index in [1.807, 2.05) is 25.1 Å². The molecule has 2 aliphatic rings. The summed E-state index contributed by atoms with van der Waals surface area (Å²) < 4.78 is 5.35. The molecule has 1 fully saturated rings. The largest absolute Gasteiger partial charge is 0.497 e. The number of urea groups is 1. The van der Waals surface area contributed by atoms with Crippen LogP contribution in [-0.4, -0.2) is 35.5 Å². The number of ether oxygens (including phenoxy) is 1. The Kier molecular flexibility index (Phi) is 3.52. The quantitative estimate of drug-likeness (QED) is 0.665. The molecule has 2 aromatic carbocycles. The molecule has 2 aliphatic heterocycles. The number of halogens is 1. The van der Waals surface area contributed by atoms with Gasteiger partial charge >= 0.3 is 6.03 Å². The summed E-state index contributed by atoms with van der Waals surface area (Å²) in [4.78, 5) is 32.9. The Morgan fingerprint density at radius 1 is 1.18 bits per heavy atom. The van der Waals surface area contributed by atoms with Crippen molar-refractivity contribution < 1.29 is 14.3 Å². The number of benzene rings is 2. The Balaban J connectivity index is 1.68. The fourth-order valence-electron chi connectivity index (χ4n) is 4.39. The second-order valence-electron chi connectivity index (χ2n) is 7.27. The Morgan fingerprint density at radius 3 is 2.75 bits per heavy atom. The molecular formula is C21H18ClN3O3. The van der Waals surface area contributed by atoms with E-state index < -0.39 is 5.54 Å². The predicted molar refractivity (Wildman–Crippen MR) is 107 cm³/mol. The van der Waals surface area contributed by atoms with Crippen LogP contribution in [-0.2, 0) is 16.8 Å². The van der Waals surface area contributed by atoms with Gasteiger partial charge in [0, 0.05) is 22.5 Å². The second kappa shape index (κ2) is 5.75. The SMILES string of the molecule is COc1ccc2[nH]c3c(c2c1)CCN1C(=O)N(c2cccc(Cl)c2)C(=O)[C@@]31C. The summed E-state index contributed by atoms with van der Waals surface area (Å²) >= 11 is 6.09. The Hall–Kier alpha value is -2.99. The zero-order valence-corrected chi connectivity index (χ0v) is 16.2. The third-order valence-corrected chi connectivity index (χ3v) is 6.07. The first-order valence-electron chi connectivity index (χ1n) is 9.06. The highest BCUT2D eigenvalue weighted by Crippen LogP contribution is 2.45. The van der Waals surface area contributed by atoms with Crippen LogP contribution < -0.4 is 9.64 Å². The van der Waals surface area contributed by atoms with Crippen LogP contribution in [0.4, 0.5) is 10.5 Å². The van der Waals surface area contributed by atoms with Gasteiger partial charge in [0.2, 0.25) is 0 Å². The van der Waals surface area contributed by atoms with E-state index in [0.29, 0.717) is 23.7 Å². The predicted octanol–water partition coefficient (Wildman–Crippen LogP) is 4.07. The summed E-state index contributed by atoms with van der Waals surface area (Å²) in [7, 11) is 1.63. The first-order valence-corrected chi connectivity index (χ1v) is 9.43. The minimum atomic E-state index is -1.08. The van der Waals surface area contributed by atoms with Crippen LogP contribution in [0.5, 0.6) is 5.75 Å². The van der Waals surface area contributed by atoms with Crippen molar-refractivity contribution in [3.05, 3.63) is 58.7 Å². The van der Waals surface area contributed by atoms with E-state index in [9.17, 15) is 9.59 Å². The molecule has 3 amide bonds. The van der Waals surface area contributed by atoms with E-state index in [2.05, 4.69) is 4.98 Å². The van der Waals surface area contributed by atoms with Crippen molar-refractivity contribution in [1.82, 2.24) is 9.88 Å². The Bertz CT molecular complexity index is 1160. The molecule has 5 rings (SSSR count). The van der Waals surface area contributed by atoms with Crippen molar-refractivity contribution in [2.45, 2.75) is 18.9 Å². The maximum absolute atomic E-state index is 13.5.